The van der Waals surface area contributed by atoms with E-state index in [1.54, 1.807) is 32.3 Å². The summed E-state index contributed by atoms with van der Waals surface area (Å²) in [6.07, 6.45) is 3.62. The molecule has 0 aliphatic rings. The molecule has 0 aliphatic carbocycles. The Bertz CT molecular complexity index is 650. The molecule has 122 valence electrons. The van der Waals surface area contributed by atoms with Gasteiger partial charge in [0.2, 0.25) is 0 Å². The van der Waals surface area contributed by atoms with Crippen molar-refractivity contribution in [3.63, 3.8) is 0 Å². The third-order valence-corrected chi connectivity index (χ3v) is 3.60. The standard InChI is InChI=1S/C17H21N3O3/c1-13(17(22)23-3)11-19(2)16(21)15-7-5-14(6-8-15)12-20-10-4-9-18-20/h4-10,13H,11-12H2,1-3H3. The van der Waals surface area contributed by atoms with Crippen LogP contribution < -0.4 is 0 Å². The van der Waals surface area contributed by atoms with E-state index < -0.39 is 0 Å². The molecule has 1 amide bonds. The molecule has 1 aromatic carbocycles. The van der Waals surface area contributed by atoms with Gasteiger partial charge in [0.25, 0.3) is 5.91 Å². The zero-order chi connectivity index (χ0) is 16.8. The fraction of sp³-hybridized carbons (Fsp3) is 0.353. The van der Waals surface area contributed by atoms with Gasteiger partial charge in [-0.05, 0) is 23.8 Å². The van der Waals surface area contributed by atoms with Crippen molar-refractivity contribution in [2.45, 2.75) is 13.5 Å². The third kappa shape index (κ3) is 4.42. The summed E-state index contributed by atoms with van der Waals surface area (Å²) in [5.41, 5.74) is 1.66. The van der Waals surface area contributed by atoms with Crippen LogP contribution in [0.4, 0.5) is 0 Å². The van der Waals surface area contributed by atoms with Gasteiger partial charge in [-0.3, -0.25) is 14.3 Å². The van der Waals surface area contributed by atoms with Crippen molar-refractivity contribution >= 4 is 11.9 Å². The molecule has 0 N–H and O–H groups in total. The lowest BCUT2D eigenvalue weighted by molar-refractivity contribution is -0.145. The van der Waals surface area contributed by atoms with Crippen LogP contribution in [0.5, 0.6) is 0 Å². The molecule has 0 fully saturated rings. The van der Waals surface area contributed by atoms with Crippen LogP contribution in [-0.2, 0) is 16.1 Å². The molecule has 0 spiro atoms. The van der Waals surface area contributed by atoms with Gasteiger partial charge in [-0.1, -0.05) is 19.1 Å². The normalized spacial score (nSPS) is 11.8. The Hall–Kier alpha value is -2.63. The van der Waals surface area contributed by atoms with Crippen molar-refractivity contribution < 1.29 is 14.3 Å². The van der Waals surface area contributed by atoms with Gasteiger partial charge < -0.3 is 9.64 Å². The number of benzene rings is 1. The Morgan fingerprint density at radius 1 is 1.30 bits per heavy atom. The SMILES string of the molecule is COC(=O)C(C)CN(C)C(=O)c1ccc(Cn2cccn2)cc1. The van der Waals surface area contributed by atoms with Gasteiger partial charge in [0.1, 0.15) is 0 Å². The van der Waals surface area contributed by atoms with Gasteiger partial charge in [-0.15, -0.1) is 0 Å². The molecular formula is C17H21N3O3. The molecule has 0 saturated carbocycles. The first kappa shape index (κ1) is 16.7. The summed E-state index contributed by atoms with van der Waals surface area (Å²) in [5.74, 6) is -0.793. The maximum Gasteiger partial charge on any atom is 0.310 e. The number of aromatic nitrogens is 2. The highest BCUT2D eigenvalue weighted by Gasteiger charge is 2.19. The van der Waals surface area contributed by atoms with Gasteiger partial charge in [0.05, 0.1) is 19.6 Å². The molecular weight excluding hydrogens is 294 g/mol. The van der Waals surface area contributed by atoms with Crippen LogP contribution in [0.1, 0.15) is 22.8 Å². The van der Waals surface area contributed by atoms with E-state index in [1.807, 2.05) is 29.1 Å². The molecule has 6 heteroatoms. The Balaban J connectivity index is 1.98. The number of ether oxygens (including phenoxy) is 1. The largest absolute Gasteiger partial charge is 0.469 e. The summed E-state index contributed by atoms with van der Waals surface area (Å²) in [6.45, 7) is 2.72. The van der Waals surface area contributed by atoms with E-state index >= 15 is 0 Å². The van der Waals surface area contributed by atoms with E-state index in [2.05, 4.69) is 9.84 Å². The molecule has 23 heavy (non-hydrogen) atoms. The maximum absolute atomic E-state index is 12.4. The summed E-state index contributed by atoms with van der Waals surface area (Å²) in [4.78, 5) is 25.3. The number of hydrogen-bond donors (Lipinski definition) is 0. The van der Waals surface area contributed by atoms with Crippen molar-refractivity contribution in [2.75, 3.05) is 20.7 Å². The highest BCUT2D eigenvalue weighted by Crippen LogP contribution is 2.10. The molecule has 2 aromatic rings. The molecule has 1 unspecified atom stereocenters. The van der Waals surface area contributed by atoms with Gasteiger partial charge in [-0.25, -0.2) is 0 Å². The molecule has 1 heterocycles. The lowest BCUT2D eigenvalue weighted by Gasteiger charge is -2.20. The predicted octanol–water partition coefficient (Wildman–Crippen LogP) is 1.81. The van der Waals surface area contributed by atoms with E-state index in [0.29, 0.717) is 18.7 Å². The zero-order valence-electron chi connectivity index (χ0n) is 13.6. The Morgan fingerprint density at radius 3 is 2.57 bits per heavy atom. The zero-order valence-corrected chi connectivity index (χ0v) is 13.6. The monoisotopic (exact) mass is 315 g/mol. The smallest absolute Gasteiger partial charge is 0.310 e. The molecule has 2 rings (SSSR count). The minimum absolute atomic E-state index is 0.119. The number of amides is 1. The highest BCUT2D eigenvalue weighted by molar-refractivity contribution is 5.94. The predicted molar refractivity (Wildman–Crippen MR) is 85.9 cm³/mol. The second kappa shape index (κ2) is 7.58. The molecule has 6 nitrogen and oxygen atoms in total. The van der Waals surface area contributed by atoms with E-state index in [1.165, 1.54) is 12.0 Å². The number of carbonyl (C=O) groups excluding carboxylic acids is 2. The highest BCUT2D eigenvalue weighted by atomic mass is 16.5. The topological polar surface area (TPSA) is 64.4 Å². The summed E-state index contributed by atoms with van der Waals surface area (Å²) in [6, 6.07) is 9.27. The molecule has 1 aromatic heterocycles. The lowest BCUT2D eigenvalue weighted by Crippen LogP contribution is -2.34. The van der Waals surface area contributed by atoms with Gasteiger partial charge in [-0.2, -0.15) is 5.10 Å². The summed E-state index contributed by atoms with van der Waals surface area (Å²) in [7, 11) is 3.03. The summed E-state index contributed by atoms with van der Waals surface area (Å²) < 4.78 is 6.50. The third-order valence-electron chi connectivity index (χ3n) is 3.60. The summed E-state index contributed by atoms with van der Waals surface area (Å²) >= 11 is 0. The first-order valence-electron chi connectivity index (χ1n) is 7.41. The minimum atomic E-state index is -0.354. The lowest BCUT2D eigenvalue weighted by atomic mass is 10.1. The quantitative estimate of drug-likeness (QED) is 0.763. The Morgan fingerprint density at radius 2 is 2.00 bits per heavy atom. The van der Waals surface area contributed by atoms with E-state index in [4.69, 9.17) is 0 Å². The van der Waals surface area contributed by atoms with Crippen LogP contribution in [0.2, 0.25) is 0 Å². The van der Waals surface area contributed by atoms with E-state index in [-0.39, 0.29) is 17.8 Å². The second-order valence-corrected chi connectivity index (χ2v) is 5.51. The van der Waals surface area contributed by atoms with Gasteiger partial charge >= 0.3 is 5.97 Å². The number of hydrogen-bond acceptors (Lipinski definition) is 4. The van der Waals surface area contributed by atoms with Crippen molar-refractivity contribution in [2.24, 2.45) is 5.92 Å². The van der Waals surface area contributed by atoms with Crippen LogP contribution in [0.25, 0.3) is 0 Å². The van der Waals surface area contributed by atoms with Crippen molar-refractivity contribution in [1.29, 1.82) is 0 Å². The minimum Gasteiger partial charge on any atom is -0.469 e. The fourth-order valence-electron chi connectivity index (χ4n) is 2.32. The maximum atomic E-state index is 12.4. The average molecular weight is 315 g/mol. The second-order valence-electron chi connectivity index (χ2n) is 5.51. The van der Waals surface area contributed by atoms with Crippen LogP contribution in [0.3, 0.4) is 0 Å². The molecule has 1 atom stereocenters. The fourth-order valence-corrected chi connectivity index (χ4v) is 2.32. The van der Waals surface area contributed by atoms with Crippen LogP contribution in [-0.4, -0.2) is 47.3 Å². The van der Waals surface area contributed by atoms with Crippen molar-refractivity contribution in [3.8, 4) is 0 Å². The number of methoxy groups -OCH3 is 1. The number of nitrogens with zero attached hydrogens (tertiary/aromatic N) is 3. The Kier molecular flexibility index (Phi) is 5.51. The number of esters is 1. The Labute approximate surface area is 135 Å². The summed E-state index contributed by atoms with van der Waals surface area (Å²) in [5, 5.41) is 4.15. The van der Waals surface area contributed by atoms with Gasteiger partial charge in [0, 0.05) is 31.5 Å². The van der Waals surface area contributed by atoms with E-state index in [0.717, 1.165) is 5.56 Å². The van der Waals surface area contributed by atoms with Crippen LogP contribution >= 0.6 is 0 Å². The molecule has 0 aliphatic heterocycles. The number of rotatable bonds is 6. The van der Waals surface area contributed by atoms with Gasteiger partial charge in [0.15, 0.2) is 0 Å². The molecule has 0 radical (unpaired) electrons. The average Bonchev–Trinajstić information content (AvgIpc) is 3.06. The number of carbonyl (C=O) groups is 2. The molecule has 0 bridgehead atoms. The van der Waals surface area contributed by atoms with Crippen molar-refractivity contribution in [3.05, 3.63) is 53.9 Å². The first-order valence-corrected chi connectivity index (χ1v) is 7.41. The van der Waals surface area contributed by atoms with E-state index in [9.17, 15) is 9.59 Å². The van der Waals surface area contributed by atoms with Crippen molar-refractivity contribution in [1.82, 2.24) is 14.7 Å². The first-order chi connectivity index (χ1) is 11.0. The molecule has 0 saturated heterocycles. The van der Waals surface area contributed by atoms with Crippen LogP contribution in [0.15, 0.2) is 42.7 Å². The van der Waals surface area contributed by atoms with Crippen LogP contribution in [0, 0.1) is 5.92 Å².